The van der Waals surface area contributed by atoms with Gasteiger partial charge >= 0.3 is 0 Å². The second kappa shape index (κ2) is 17.0. The number of likely N-dealkylation sites (N-methyl/N-ethyl adjacent to an activating group) is 1. The van der Waals surface area contributed by atoms with Gasteiger partial charge in [0.2, 0.25) is 5.91 Å². The standard InChI is InChI=1S/C20H39N5O2.HI/c1-5-6-7-8-9-12-24(4)20(22-18-19(26)23(2)3)21-11-10-13-25-14-16-27-17-15-25;/h5H,1,6-18H2,2-4H3,(H,21,22);1H. The van der Waals surface area contributed by atoms with Crippen LogP contribution in [0.1, 0.15) is 32.1 Å². The summed E-state index contributed by atoms with van der Waals surface area (Å²) in [4.78, 5) is 22.6. The van der Waals surface area contributed by atoms with Crippen molar-refractivity contribution in [1.82, 2.24) is 20.0 Å². The Morgan fingerprint density at radius 2 is 1.89 bits per heavy atom. The molecule has 1 heterocycles. The maximum absolute atomic E-state index is 11.9. The number of rotatable bonds is 12. The zero-order valence-electron chi connectivity index (χ0n) is 18.0. The third kappa shape index (κ3) is 12.6. The Labute approximate surface area is 188 Å². The molecule has 1 amide bonds. The molecule has 1 N–H and O–H groups in total. The van der Waals surface area contributed by atoms with E-state index in [2.05, 4.69) is 26.7 Å². The third-order valence-electron chi connectivity index (χ3n) is 4.66. The van der Waals surface area contributed by atoms with Gasteiger partial charge < -0.3 is 19.9 Å². The number of hydrogen-bond donors (Lipinski definition) is 1. The zero-order chi connectivity index (χ0) is 19.9. The van der Waals surface area contributed by atoms with Crippen molar-refractivity contribution < 1.29 is 9.53 Å². The SMILES string of the molecule is C=CCCCCCN(C)C(=NCC(=O)N(C)C)NCCCN1CCOCC1.I. The van der Waals surface area contributed by atoms with Crippen LogP contribution in [0.4, 0.5) is 0 Å². The number of hydrogen-bond acceptors (Lipinski definition) is 4. The van der Waals surface area contributed by atoms with Gasteiger partial charge in [-0.2, -0.15) is 0 Å². The molecule has 0 spiro atoms. The number of guanidine groups is 1. The van der Waals surface area contributed by atoms with Gasteiger partial charge in [0.1, 0.15) is 6.54 Å². The topological polar surface area (TPSA) is 60.4 Å². The molecule has 1 fully saturated rings. The number of unbranched alkanes of at least 4 members (excludes halogenated alkanes) is 3. The lowest BCUT2D eigenvalue weighted by molar-refractivity contribution is -0.127. The summed E-state index contributed by atoms with van der Waals surface area (Å²) < 4.78 is 5.39. The summed E-state index contributed by atoms with van der Waals surface area (Å²) in [5, 5.41) is 3.44. The van der Waals surface area contributed by atoms with Gasteiger partial charge in [-0.05, 0) is 32.2 Å². The van der Waals surface area contributed by atoms with Crippen molar-refractivity contribution in [3.63, 3.8) is 0 Å². The molecule has 0 atom stereocenters. The Morgan fingerprint density at radius 3 is 2.54 bits per heavy atom. The van der Waals surface area contributed by atoms with Crippen molar-refractivity contribution >= 4 is 35.8 Å². The molecule has 8 heteroatoms. The van der Waals surface area contributed by atoms with Crippen molar-refractivity contribution in [2.24, 2.45) is 4.99 Å². The number of ether oxygens (including phenoxy) is 1. The molecule has 0 saturated carbocycles. The Kier molecular flexibility index (Phi) is 16.5. The third-order valence-corrected chi connectivity index (χ3v) is 4.66. The highest BCUT2D eigenvalue weighted by Crippen LogP contribution is 2.02. The molecule has 1 rings (SSSR count). The van der Waals surface area contributed by atoms with Crippen molar-refractivity contribution in [1.29, 1.82) is 0 Å². The largest absolute Gasteiger partial charge is 0.379 e. The van der Waals surface area contributed by atoms with Gasteiger partial charge in [-0.15, -0.1) is 30.6 Å². The molecule has 1 saturated heterocycles. The van der Waals surface area contributed by atoms with Gasteiger partial charge in [-0.3, -0.25) is 9.69 Å². The molecule has 0 radical (unpaired) electrons. The van der Waals surface area contributed by atoms with Crippen LogP contribution in [-0.2, 0) is 9.53 Å². The zero-order valence-corrected chi connectivity index (χ0v) is 20.3. The summed E-state index contributed by atoms with van der Waals surface area (Å²) in [6.45, 7) is 10.5. The maximum Gasteiger partial charge on any atom is 0.243 e. The van der Waals surface area contributed by atoms with Crippen molar-refractivity contribution in [2.45, 2.75) is 32.1 Å². The summed E-state index contributed by atoms with van der Waals surface area (Å²) in [7, 11) is 5.56. The second-order valence-electron chi connectivity index (χ2n) is 7.22. The van der Waals surface area contributed by atoms with Crippen LogP contribution in [0.5, 0.6) is 0 Å². The molecular formula is C20H40IN5O2. The Morgan fingerprint density at radius 1 is 1.18 bits per heavy atom. The highest BCUT2D eigenvalue weighted by molar-refractivity contribution is 14.0. The van der Waals surface area contributed by atoms with E-state index in [0.29, 0.717) is 0 Å². The number of halogens is 1. The normalized spacial score (nSPS) is 14.9. The number of carbonyl (C=O) groups excluding carboxylic acids is 1. The fourth-order valence-corrected chi connectivity index (χ4v) is 2.84. The van der Waals surface area contributed by atoms with Crippen LogP contribution in [0.2, 0.25) is 0 Å². The van der Waals surface area contributed by atoms with Crippen molar-refractivity contribution in [2.75, 3.05) is 73.6 Å². The Bertz CT molecular complexity index is 454. The molecule has 0 unspecified atom stereocenters. The van der Waals surface area contributed by atoms with Crippen LogP contribution in [0, 0.1) is 0 Å². The van der Waals surface area contributed by atoms with E-state index in [1.807, 2.05) is 13.1 Å². The maximum atomic E-state index is 11.9. The molecular weight excluding hydrogens is 469 g/mol. The van der Waals surface area contributed by atoms with Gasteiger partial charge in [-0.1, -0.05) is 12.5 Å². The summed E-state index contributed by atoms with van der Waals surface area (Å²) >= 11 is 0. The van der Waals surface area contributed by atoms with E-state index in [4.69, 9.17) is 4.74 Å². The molecule has 164 valence electrons. The summed E-state index contributed by atoms with van der Waals surface area (Å²) in [5.74, 6) is 0.831. The minimum Gasteiger partial charge on any atom is -0.379 e. The van der Waals surface area contributed by atoms with Gasteiger partial charge in [0.25, 0.3) is 0 Å². The minimum absolute atomic E-state index is 0. The molecule has 0 aliphatic carbocycles. The summed E-state index contributed by atoms with van der Waals surface area (Å²) in [6, 6.07) is 0. The first-order valence-corrected chi connectivity index (χ1v) is 10.1. The van der Waals surface area contributed by atoms with Gasteiger partial charge in [0.15, 0.2) is 5.96 Å². The molecule has 28 heavy (non-hydrogen) atoms. The lowest BCUT2D eigenvalue weighted by Gasteiger charge is -2.27. The molecule has 0 bridgehead atoms. The van der Waals surface area contributed by atoms with Crippen molar-refractivity contribution in [3.05, 3.63) is 12.7 Å². The van der Waals surface area contributed by atoms with Crippen LogP contribution in [-0.4, -0.2) is 100 Å². The molecule has 0 aromatic rings. The Balaban J connectivity index is 0.00000729. The highest BCUT2D eigenvalue weighted by atomic mass is 127. The first-order chi connectivity index (χ1) is 13.0. The van der Waals surface area contributed by atoms with Gasteiger partial charge in [0.05, 0.1) is 13.2 Å². The summed E-state index contributed by atoms with van der Waals surface area (Å²) in [6.07, 6.45) is 7.56. The highest BCUT2D eigenvalue weighted by Gasteiger charge is 2.11. The first-order valence-electron chi connectivity index (χ1n) is 10.1. The second-order valence-corrected chi connectivity index (χ2v) is 7.22. The number of nitrogens with zero attached hydrogens (tertiary/aromatic N) is 4. The molecule has 0 aromatic heterocycles. The van der Waals surface area contributed by atoms with Crippen LogP contribution < -0.4 is 5.32 Å². The molecule has 7 nitrogen and oxygen atoms in total. The fourth-order valence-electron chi connectivity index (χ4n) is 2.84. The van der Waals surface area contributed by atoms with Crippen LogP contribution >= 0.6 is 24.0 Å². The minimum atomic E-state index is 0. The van der Waals surface area contributed by atoms with Crippen LogP contribution in [0.15, 0.2) is 17.6 Å². The molecule has 0 aromatic carbocycles. The lowest BCUT2D eigenvalue weighted by Crippen LogP contribution is -2.42. The van der Waals surface area contributed by atoms with Crippen molar-refractivity contribution in [3.8, 4) is 0 Å². The van der Waals surface area contributed by atoms with E-state index in [0.717, 1.165) is 71.2 Å². The van der Waals surface area contributed by atoms with Crippen LogP contribution in [0.25, 0.3) is 0 Å². The predicted molar refractivity (Wildman–Crippen MR) is 128 cm³/mol. The average Bonchev–Trinajstić information content (AvgIpc) is 2.67. The number of amides is 1. The van der Waals surface area contributed by atoms with E-state index < -0.39 is 0 Å². The van der Waals surface area contributed by atoms with Gasteiger partial charge in [-0.25, -0.2) is 4.99 Å². The van der Waals surface area contributed by atoms with E-state index >= 15 is 0 Å². The smallest absolute Gasteiger partial charge is 0.243 e. The fraction of sp³-hybridized carbons (Fsp3) is 0.800. The monoisotopic (exact) mass is 509 g/mol. The van der Waals surface area contributed by atoms with Gasteiger partial charge in [0, 0.05) is 47.3 Å². The lowest BCUT2D eigenvalue weighted by atomic mass is 10.2. The quantitative estimate of drug-likeness (QED) is 0.144. The number of morpholine rings is 1. The summed E-state index contributed by atoms with van der Waals surface area (Å²) in [5.41, 5.74) is 0. The van der Waals surface area contributed by atoms with E-state index in [9.17, 15) is 4.79 Å². The number of aliphatic imine (C=N–C) groups is 1. The molecule has 1 aliphatic heterocycles. The van der Waals surface area contributed by atoms with Crippen LogP contribution in [0.3, 0.4) is 0 Å². The average molecular weight is 509 g/mol. The predicted octanol–water partition coefficient (Wildman–Crippen LogP) is 2.04. The Hall–Kier alpha value is -0.870. The van der Waals surface area contributed by atoms with E-state index in [-0.39, 0.29) is 36.4 Å². The number of allylic oxidation sites excluding steroid dienone is 1. The van der Waals surface area contributed by atoms with E-state index in [1.54, 1.807) is 19.0 Å². The van der Waals surface area contributed by atoms with E-state index in [1.165, 1.54) is 12.8 Å². The number of carbonyl (C=O) groups is 1. The first kappa shape index (κ1) is 27.1. The molecule has 1 aliphatic rings. The number of nitrogens with one attached hydrogen (secondary N) is 1.